The van der Waals surface area contributed by atoms with Crippen LogP contribution in [-0.2, 0) is 11.8 Å². The molecule has 0 unspecified atom stereocenters. The summed E-state index contributed by atoms with van der Waals surface area (Å²) in [6, 6.07) is 1.09. The van der Waals surface area contributed by atoms with E-state index in [0.717, 1.165) is 16.7 Å². The number of hydrogen-bond donors (Lipinski definition) is 2. The number of hydrogen-bond acceptors (Lipinski definition) is 4. The van der Waals surface area contributed by atoms with Gasteiger partial charge in [-0.1, -0.05) is 0 Å². The minimum Gasteiger partial charge on any atom is -0.480 e. The summed E-state index contributed by atoms with van der Waals surface area (Å²) in [5, 5.41) is 16.6. The Hall–Kier alpha value is -2.11. The van der Waals surface area contributed by atoms with Gasteiger partial charge in [0.15, 0.2) is 5.65 Å². The fourth-order valence-corrected chi connectivity index (χ4v) is 1.47. The molecule has 0 aromatic carbocycles. The monoisotopic (exact) mass is 220 g/mol. The van der Waals surface area contributed by atoms with Crippen molar-refractivity contribution < 1.29 is 9.90 Å². The zero-order valence-electron chi connectivity index (χ0n) is 9.01. The molecule has 0 radical (unpaired) electrons. The number of carboxylic acids is 1. The van der Waals surface area contributed by atoms with Crippen molar-refractivity contribution in [1.29, 1.82) is 0 Å². The Kier molecular flexibility index (Phi) is 2.47. The van der Waals surface area contributed by atoms with Crippen molar-refractivity contribution in [2.75, 3.05) is 5.32 Å². The summed E-state index contributed by atoms with van der Waals surface area (Å²) in [6.07, 6.45) is 3.29. The van der Waals surface area contributed by atoms with Gasteiger partial charge in [0, 0.05) is 18.9 Å². The van der Waals surface area contributed by atoms with E-state index in [0.29, 0.717) is 0 Å². The molecule has 6 nitrogen and oxygen atoms in total. The Bertz CT molecular complexity index is 535. The van der Waals surface area contributed by atoms with Gasteiger partial charge in [0.2, 0.25) is 0 Å². The molecular weight excluding hydrogens is 208 g/mol. The second kappa shape index (κ2) is 3.80. The maximum atomic E-state index is 10.7. The zero-order valence-corrected chi connectivity index (χ0v) is 9.01. The molecule has 2 rings (SSSR count). The molecule has 2 aromatic rings. The molecule has 2 heterocycles. The number of carboxylic acid groups (broad SMARTS) is 1. The summed E-state index contributed by atoms with van der Waals surface area (Å²) < 4.78 is 1.64. The van der Waals surface area contributed by atoms with Crippen molar-refractivity contribution in [3.8, 4) is 0 Å². The van der Waals surface area contributed by atoms with Gasteiger partial charge in [-0.3, -0.25) is 9.48 Å². The molecule has 0 amide bonds. The van der Waals surface area contributed by atoms with Crippen molar-refractivity contribution in [3.63, 3.8) is 0 Å². The van der Waals surface area contributed by atoms with Crippen LogP contribution >= 0.6 is 0 Å². The Morgan fingerprint density at radius 1 is 1.62 bits per heavy atom. The van der Waals surface area contributed by atoms with Crippen molar-refractivity contribution in [2.24, 2.45) is 7.05 Å². The molecule has 2 N–H and O–H groups in total. The number of nitrogens with zero attached hydrogens (tertiary/aromatic N) is 3. The summed E-state index contributed by atoms with van der Waals surface area (Å²) in [6.45, 7) is 1.59. The third kappa shape index (κ3) is 1.69. The molecule has 0 aliphatic rings. The SMILES string of the molecule is C[C@H](Nc1ccnc2c1cnn2C)C(=O)O. The highest BCUT2D eigenvalue weighted by molar-refractivity contribution is 5.90. The highest BCUT2D eigenvalue weighted by atomic mass is 16.4. The van der Waals surface area contributed by atoms with Crippen LogP contribution in [0.1, 0.15) is 6.92 Å². The first-order valence-corrected chi connectivity index (χ1v) is 4.85. The Morgan fingerprint density at radius 3 is 3.06 bits per heavy atom. The summed E-state index contributed by atoms with van der Waals surface area (Å²) >= 11 is 0. The van der Waals surface area contributed by atoms with E-state index in [4.69, 9.17) is 5.11 Å². The first-order chi connectivity index (χ1) is 7.59. The van der Waals surface area contributed by atoms with Gasteiger partial charge in [-0.2, -0.15) is 5.10 Å². The summed E-state index contributed by atoms with van der Waals surface area (Å²) in [4.78, 5) is 14.9. The van der Waals surface area contributed by atoms with Gasteiger partial charge in [-0.15, -0.1) is 0 Å². The predicted octanol–water partition coefficient (Wildman–Crippen LogP) is 0.853. The smallest absolute Gasteiger partial charge is 0.325 e. The van der Waals surface area contributed by atoms with E-state index < -0.39 is 12.0 Å². The fourth-order valence-electron chi connectivity index (χ4n) is 1.47. The third-order valence-corrected chi connectivity index (χ3v) is 2.38. The van der Waals surface area contributed by atoms with Crippen LogP contribution in [0.2, 0.25) is 0 Å². The van der Waals surface area contributed by atoms with Gasteiger partial charge in [-0.25, -0.2) is 4.98 Å². The largest absolute Gasteiger partial charge is 0.480 e. The van der Waals surface area contributed by atoms with Crippen LogP contribution in [0.15, 0.2) is 18.5 Å². The number of pyridine rings is 1. The summed E-state index contributed by atoms with van der Waals surface area (Å²) in [7, 11) is 1.79. The molecule has 1 atom stereocenters. The van der Waals surface area contributed by atoms with Crippen molar-refractivity contribution in [1.82, 2.24) is 14.8 Å². The van der Waals surface area contributed by atoms with Crippen molar-refractivity contribution in [3.05, 3.63) is 18.5 Å². The van der Waals surface area contributed by atoms with Crippen LogP contribution in [0.25, 0.3) is 11.0 Å². The first kappa shape index (κ1) is 10.4. The summed E-state index contributed by atoms with van der Waals surface area (Å²) in [5.41, 5.74) is 1.45. The van der Waals surface area contributed by atoms with Crippen LogP contribution in [0.3, 0.4) is 0 Å². The van der Waals surface area contributed by atoms with E-state index in [1.54, 1.807) is 37.1 Å². The number of anilines is 1. The fraction of sp³-hybridized carbons (Fsp3) is 0.300. The van der Waals surface area contributed by atoms with Crippen LogP contribution < -0.4 is 5.32 Å². The highest BCUT2D eigenvalue weighted by Gasteiger charge is 2.13. The number of nitrogens with one attached hydrogen (secondary N) is 1. The second-order valence-corrected chi connectivity index (χ2v) is 3.57. The van der Waals surface area contributed by atoms with Gasteiger partial charge < -0.3 is 10.4 Å². The molecule has 2 aromatic heterocycles. The predicted molar refractivity (Wildman–Crippen MR) is 59.2 cm³/mol. The molecule has 0 spiro atoms. The lowest BCUT2D eigenvalue weighted by molar-refractivity contribution is -0.137. The Labute approximate surface area is 91.9 Å². The molecule has 0 aliphatic heterocycles. The minimum atomic E-state index is -0.895. The highest BCUT2D eigenvalue weighted by Crippen LogP contribution is 2.20. The molecule has 84 valence electrons. The normalized spacial score (nSPS) is 12.6. The lowest BCUT2D eigenvalue weighted by Gasteiger charge is -2.10. The number of rotatable bonds is 3. The summed E-state index contributed by atoms with van der Waals surface area (Å²) in [5.74, 6) is -0.895. The van der Waals surface area contributed by atoms with Gasteiger partial charge in [0.25, 0.3) is 0 Å². The molecule has 6 heteroatoms. The minimum absolute atomic E-state index is 0.647. The van der Waals surface area contributed by atoms with Gasteiger partial charge in [-0.05, 0) is 13.0 Å². The topological polar surface area (TPSA) is 80.0 Å². The first-order valence-electron chi connectivity index (χ1n) is 4.85. The maximum Gasteiger partial charge on any atom is 0.325 e. The van der Waals surface area contributed by atoms with Crippen LogP contribution in [0, 0.1) is 0 Å². The lowest BCUT2D eigenvalue weighted by Crippen LogP contribution is -2.25. The Balaban J connectivity index is 2.41. The third-order valence-electron chi connectivity index (χ3n) is 2.38. The number of aromatic nitrogens is 3. The molecule has 0 saturated heterocycles. The van der Waals surface area contributed by atoms with Gasteiger partial charge in [0.1, 0.15) is 6.04 Å². The molecular formula is C10H12N4O2. The average molecular weight is 220 g/mol. The van der Waals surface area contributed by atoms with Crippen LogP contribution in [0.5, 0.6) is 0 Å². The molecule has 16 heavy (non-hydrogen) atoms. The number of aliphatic carboxylic acids is 1. The molecule has 0 aliphatic carbocycles. The molecule has 0 bridgehead atoms. The molecule has 0 saturated carbocycles. The van der Waals surface area contributed by atoms with E-state index in [1.165, 1.54) is 0 Å². The van der Waals surface area contributed by atoms with E-state index >= 15 is 0 Å². The lowest BCUT2D eigenvalue weighted by atomic mass is 10.2. The Morgan fingerprint density at radius 2 is 2.38 bits per heavy atom. The second-order valence-electron chi connectivity index (χ2n) is 3.57. The number of aryl methyl sites for hydroxylation is 1. The quantitative estimate of drug-likeness (QED) is 0.801. The number of fused-ring (bicyclic) bond motifs is 1. The molecule has 0 fully saturated rings. The van der Waals surface area contributed by atoms with Gasteiger partial charge >= 0.3 is 5.97 Å². The van der Waals surface area contributed by atoms with E-state index in [-0.39, 0.29) is 0 Å². The number of carbonyl (C=O) groups is 1. The zero-order chi connectivity index (χ0) is 11.7. The van der Waals surface area contributed by atoms with Crippen LogP contribution in [-0.4, -0.2) is 31.9 Å². The van der Waals surface area contributed by atoms with Crippen LogP contribution in [0.4, 0.5) is 5.69 Å². The standard InChI is InChI=1S/C10H12N4O2/c1-6(10(15)16)13-8-3-4-11-9-7(8)5-12-14(9)2/h3-6H,1-2H3,(H,11,13)(H,15,16)/t6-/m0/s1. The maximum absolute atomic E-state index is 10.7. The van der Waals surface area contributed by atoms with E-state index in [9.17, 15) is 4.79 Å². The van der Waals surface area contributed by atoms with Crippen molar-refractivity contribution >= 4 is 22.7 Å². The van der Waals surface area contributed by atoms with E-state index in [2.05, 4.69) is 15.4 Å². The van der Waals surface area contributed by atoms with Crippen molar-refractivity contribution in [2.45, 2.75) is 13.0 Å². The van der Waals surface area contributed by atoms with Gasteiger partial charge in [0.05, 0.1) is 11.6 Å². The average Bonchev–Trinajstić information content (AvgIpc) is 2.62. The van der Waals surface area contributed by atoms with E-state index in [1.807, 2.05) is 0 Å².